The van der Waals surface area contributed by atoms with Gasteiger partial charge < -0.3 is 14.2 Å². The van der Waals surface area contributed by atoms with Gasteiger partial charge in [0.2, 0.25) is 0 Å². The third-order valence-corrected chi connectivity index (χ3v) is 4.78. The quantitative estimate of drug-likeness (QED) is 0.487. The molecular weight excluding hydrogens is 396 g/mol. The van der Waals surface area contributed by atoms with Crippen molar-refractivity contribution < 1.29 is 23.8 Å². The second-order valence-electron chi connectivity index (χ2n) is 6.78. The van der Waals surface area contributed by atoms with E-state index in [1.165, 1.54) is 0 Å². The molecule has 1 heterocycles. The van der Waals surface area contributed by atoms with Gasteiger partial charge >= 0.3 is 11.9 Å². The molecule has 0 saturated carbocycles. The smallest absolute Gasteiger partial charge is 0.359 e. The minimum atomic E-state index is -0.509. The maximum Gasteiger partial charge on any atom is 0.359 e. The van der Waals surface area contributed by atoms with Crippen LogP contribution in [0.2, 0.25) is 0 Å². The molecular formula is C24H26N2O5. The molecule has 3 aromatic rings. The van der Waals surface area contributed by atoms with Gasteiger partial charge in [-0.25, -0.2) is 9.48 Å². The molecule has 0 aliphatic heterocycles. The molecule has 7 heteroatoms. The van der Waals surface area contributed by atoms with E-state index in [2.05, 4.69) is 5.10 Å². The Kier molecular flexibility index (Phi) is 7.43. The molecule has 1 aromatic heterocycles. The van der Waals surface area contributed by atoms with Gasteiger partial charge in [0.1, 0.15) is 12.4 Å². The predicted molar refractivity (Wildman–Crippen MR) is 115 cm³/mol. The number of carbonyl (C=O) groups excluding carboxylic acids is 2. The molecule has 3 rings (SSSR count). The van der Waals surface area contributed by atoms with Crippen molar-refractivity contribution in [2.45, 2.75) is 33.3 Å². The van der Waals surface area contributed by atoms with Gasteiger partial charge in [0, 0.05) is 5.56 Å². The molecule has 0 aliphatic carbocycles. The fraction of sp³-hybridized carbons (Fsp3) is 0.292. The molecule has 0 spiro atoms. The lowest BCUT2D eigenvalue weighted by atomic mass is 10.1. The van der Waals surface area contributed by atoms with Crippen LogP contribution in [0.1, 0.15) is 41.2 Å². The lowest BCUT2D eigenvalue weighted by molar-refractivity contribution is -0.144. The average molecular weight is 422 g/mol. The third-order valence-electron chi connectivity index (χ3n) is 4.78. The molecule has 31 heavy (non-hydrogen) atoms. The van der Waals surface area contributed by atoms with E-state index < -0.39 is 11.9 Å². The number of benzene rings is 2. The molecule has 0 bridgehead atoms. The van der Waals surface area contributed by atoms with Crippen molar-refractivity contribution in [3.63, 3.8) is 0 Å². The van der Waals surface area contributed by atoms with Gasteiger partial charge in [-0.1, -0.05) is 37.3 Å². The Morgan fingerprint density at radius 3 is 2.29 bits per heavy atom. The van der Waals surface area contributed by atoms with Crippen molar-refractivity contribution >= 4 is 11.9 Å². The number of ether oxygens (including phenoxy) is 3. The van der Waals surface area contributed by atoms with Crippen LogP contribution in [0.4, 0.5) is 0 Å². The lowest BCUT2D eigenvalue weighted by Crippen LogP contribution is -2.13. The molecule has 0 fully saturated rings. The van der Waals surface area contributed by atoms with E-state index in [0.29, 0.717) is 29.1 Å². The molecule has 0 saturated heterocycles. The van der Waals surface area contributed by atoms with Gasteiger partial charge in [-0.05, 0) is 43.2 Å². The Bertz CT molecular complexity index is 1030. The van der Waals surface area contributed by atoms with E-state index in [1.54, 1.807) is 30.8 Å². The van der Waals surface area contributed by atoms with Crippen LogP contribution >= 0.6 is 0 Å². The fourth-order valence-corrected chi connectivity index (χ4v) is 3.26. The molecule has 0 atom stereocenters. The minimum Gasteiger partial charge on any atom is -0.497 e. The Balaban J connectivity index is 1.92. The largest absolute Gasteiger partial charge is 0.497 e. The monoisotopic (exact) mass is 422 g/mol. The summed E-state index contributed by atoms with van der Waals surface area (Å²) in [5, 5.41) is 4.49. The highest BCUT2D eigenvalue weighted by atomic mass is 16.5. The highest BCUT2D eigenvalue weighted by Crippen LogP contribution is 2.23. The molecule has 162 valence electrons. The number of hydrogen-bond acceptors (Lipinski definition) is 6. The first-order chi connectivity index (χ1) is 15.1. The van der Waals surface area contributed by atoms with Crippen molar-refractivity contribution in [1.29, 1.82) is 0 Å². The number of aromatic nitrogens is 2. The number of methoxy groups -OCH3 is 1. The second kappa shape index (κ2) is 10.4. The number of rotatable bonds is 9. The maximum atomic E-state index is 12.6. The fourth-order valence-electron chi connectivity index (χ4n) is 3.26. The lowest BCUT2D eigenvalue weighted by Gasteiger charge is -2.10. The van der Waals surface area contributed by atoms with E-state index in [0.717, 1.165) is 5.56 Å². The number of esters is 2. The van der Waals surface area contributed by atoms with E-state index >= 15 is 0 Å². The molecule has 2 aromatic carbocycles. The molecule has 0 aliphatic rings. The SMILES string of the molecule is CCOC(=O)c1nn(-c2ccc(OC)cc2)c(CC(=O)OCc2ccccc2)c1CC. The van der Waals surface area contributed by atoms with Crippen LogP contribution < -0.4 is 4.74 Å². The first kappa shape index (κ1) is 22.1. The van der Waals surface area contributed by atoms with E-state index in [9.17, 15) is 9.59 Å². The van der Waals surface area contributed by atoms with Crippen LogP contribution in [0.25, 0.3) is 5.69 Å². The molecule has 0 N–H and O–H groups in total. The van der Waals surface area contributed by atoms with Crippen LogP contribution in [-0.2, 0) is 33.7 Å². The normalized spacial score (nSPS) is 10.5. The maximum absolute atomic E-state index is 12.6. The van der Waals surface area contributed by atoms with Crippen LogP contribution in [0.15, 0.2) is 54.6 Å². The van der Waals surface area contributed by atoms with Crippen molar-refractivity contribution in [1.82, 2.24) is 9.78 Å². The van der Waals surface area contributed by atoms with E-state index in [1.807, 2.05) is 49.4 Å². The van der Waals surface area contributed by atoms with Crippen LogP contribution in [0, 0.1) is 0 Å². The predicted octanol–water partition coefficient (Wildman–Crippen LogP) is 3.91. The summed E-state index contributed by atoms with van der Waals surface area (Å²) in [7, 11) is 1.59. The number of nitrogens with zero attached hydrogens (tertiary/aromatic N) is 2. The standard InChI is InChI=1S/C24H26N2O5/c1-4-20-21(15-22(27)31-16-17-9-7-6-8-10-17)26(25-23(20)24(28)30-5-2)18-11-13-19(29-3)14-12-18/h6-14H,4-5,15-16H2,1-3H3. The summed E-state index contributed by atoms with van der Waals surface area (Å²) in [6, 6.07) is 16.7. The van der Waals surface area contributed by atoms with Crippen molar-refractivity contribution in [3.05, 3.63) is 77.1 Å². The second-order valence-corrected chi connectivity index (χ2v) is 6.78. The molecule has 7 nitrogen and oxygen atoms in total. The van der Waals surface area contributed by atoms with Crippen LogP contribution in [0.3, 0.4) is 0 Å². The summed E-state index contributed by atoms with van der Waals surface area (Å²) in [5.41, 5.74) is 3.10. The van der Waals surface area contributed by atoms with Crippen molar-refractivity contribution in [2.75, 3.05) is 13.7 Å². The Hall–Kier alpha value is -3.61. The van der Waals surface area contributed by atoms with Gasteiger partial charge in [-0.2, -0.15) is 5.10 Å². The summed E-state index contributed by atoms with van der Waals surface area (Å²) in [5.74, 6) is -0.213. The van der Waals surface area contributed by atoms with Crippen LogP contribution in [0.5, 0.6) is 5.75 Å². The summed E-state index contributed by atoms with van der Waals surface area (Å²) in [6.07, 6.45) is 0.500. The number of hydrogen-bond donors (Lipinski definition) is 0. The Morgan fingerprint density at radius 2 is 1.68 bits per heavy atom. The first-order valence-electron chi connectivity index (χ1n) is 10.2. The van der Waals surface area contributed by atoms with Crippen molar-refractivity contribution in [3.8, 4) is 11.4 Å². The first-order valence-corrected chi connectivity index (χ1v) is 10.2. The zero-order valence-electron chi connectivity index (χ0n) is 18.0. The summed E-state index contributed by atoms with van der Waals surface area (Å²) >= 11 is 0. The van der Waals surface area contributed by atoms with E-state index in [-0.39, 0.29) is 25.3 Å². The highest BCUT2D eigenvalue weighted by molar-refractivity contribution is 5.90. The summed E-state index contributed by atoms with van der Waals surface area (Å²) in [6.45, 7) is 4.08. The van der Waals surface area contributed by atoms with Gasteiger partial charge in [-0.15, -0.1) is 0 Å². The zero-order valence-corrected chi connectivity index (χ0v) is 18.0. The van der Waals surface area contributed by atoms with Crippen molar-refractivity contribution in [2.24, 2.45) is 0 Å². The molecule has 0 amide bonds. The minimum absolute atomic E-state index is 0.0194. The molecule has 0 unspecified atom stereocenters. The zero-order chi connectivity index (χ0) is 22.2. The van der Waals surface area contributed by atoms with E-state index in [4.69, 9.17) is 14.2 Å². The third kappa shape index (κ3) is 5.31. The summed E-state index contributed by atoms with van der Waals surface area (Å²) < 4.78 is 17.5. The molecule has 0 radical (unpaired) electrons. The van der Waals surface area contributed by atoms with Gasteiger partial charge in [-0.3, -0.25) is 4.79 Å². The average Bonchev–Trinajstić information content (AvgIpc) is 3.16. The summed E-state index contributed by atoms with van der Waals surface area (Å²) in [4.78, 5) is 25.1. The van der Waals surface area contributed by atoms with Gasteiger partial charge in [0.25, 0.3) is 0 Å². The topological polar surface area (TPSA) is 79.6 Å². The van der Waals surface area contributed by atoms with Crippen LogP contribution in [-0.4, -0.2) is 35.4 Å². The van der Waals surface area contributed by atoms with Gasteiger partial charge in [0.05, 0.1) is 31.5 Å². The Labute approximate surface area is 181 Å². The Morgan fingerprint density at radius 1 is 0.968 bits per heavy atom. The highest BCUT2D eigenvalue weighted by Gasteiger charge is 2.25. The number of carbonyl (C=O) groups is 2. The van der Waals surface area contributed by atoms with Gasteiger partial charge in [0.15, 0.2) is 5.69 Å².